The number of carbonyl (C=O) groups is 1. The number of sulfone groups is 1. The van der Waals surface area contributed by atoms with E-state index >= 15 is 0 Å². The van der Waals surface area contributed by atoms with Crippen LogP contribution < -0.4 is 16.4 Å². The number of nitrogens with one attached hydrogen (secondary N) is 2. The van der Waals surface area contributed by atoms with Crippen LogP contribution in [0, 0.1) is 0 Å². The number of nitrogens with two attached hydrogens (primary N) is 1. The molecule has 1 aliphatic rings. The number of amides is 1. The number of rotatable bonds is 7. The Morgan fingerprint density at radius 2 is 2.20 bits per heavy atom. The van der Waals surface area contributed by atoms with Gasteiger partial charge in [0, 0.05) is 19.5 Å². The van der Waals surface area contributed by atoms with E-state index in [-0.39, 0.29) is 28.3 Å². The van der Waals surface area contributed by atoms with Gasteiger partial charge < -0.3 is 16.4 Å². The molecule has 4 N–H and O–H groups in total. The van der Waals surface area contributed by atoms with Gasteiger partial charge in [-0.1, -0.05) is 0 Å². The number of nitrogens with zero attached hydrogens (tertiary/aromatic N) is 1. The van der Waals surface area contributed by atoms with Crippen molar-refractivity contribution in [3.63, 3.8) is 0 Å². The van der Waals surface area contributed by atoms with Crippen molar-refractivity contribution in [1.29, 1.82) is 0 Å². The van der Waals surface area contributed by atoms with Gasteiger partial charge in [-0.05, 0) is 31.3 Å². The standard InChI is InChI=1S/C11H18N4O3S2/c1-2-13-8(16)5-6-14-11-9(10(12)15-19-11)20(17,18)7-3-4-7/h7,14H,2-6H2,1H3,(H2,12,15)(H,13,16). The van der Waals surface area contributed by atoms with Crippen LogP contribution in [0.4, 0.5) is 10.8 Å². The van der Waals surface area contributed by atoms with Gasteiger partial charge in [0.25, 0.3) is 0 Å². The first-order valence-electron chi connectivity index (χ1n) is 6.46. The SMILES string of the molecule is CCNC(=O)CCNc1snc(N)c1S(=O)(=O)C1CC1. The van der Waals surface area contributed by atoms with Crippen LogP contribution in [0.5, 0.6) is 0 Å². The molecule has 1 aromatic rings. The van der Waals surface area contributed by atoms with Gasteiger partial charge >= 0.3 is 0 Å². The van der Waals surface area contributed by atoms with Crippen LogP contribution in [-0.2, 0) is 14.6 Å². The lowest BCUT2D eigenvalue weighted by Gasteiger charge is -2.07. The van der Waals surface area contributed by atoms with Crippen LogP contribution >= 0.6 is 11.5 Å². The third-order valence-electron chi connectivity index (χ3n) is 2.93. The van der Waals surface area contributed by atoms with E-state index in [1.54, 1.807) is 0 Å². The largest absolute Gasteiger partial charge is 0.382 e. The van der Waals surface area contributed by atoms with Gasteiger partial charge in [0.05, 0.1) is 5.25 Å². The fraction of sp³-hybridized carbons (Fsp3) is 0.636. The highest BCUT2D eigenvalue weighted by atomic mass is 32.2. The van der Waals surface area contributed by atoms with E-state index in [0.29, 0.717) is 30.9 Å². The van der Waals surface area contributed by atoms with Gasteiger partial charge in [-0.3, -0.25) is 4.79 Å². The summed E-state index contributed by atoms with van der Waals surface area (Å²) in [6, 6.07) is 0. The summed E-state index contributed by atoms with van der Waals surface area (Å²) in [4.78, 5) is 11.4. The van der Waals surface area contributed by atoms with Crippen molar-refractivity contribution < 1.29 is 13.2 Å². The van der Waals surface area contributed by atoms with Crippen LogP contribution in [0.2, 0.25) is 0 Å². The molecule has 1 heterocycles. The minimum absolute atomic E-state index is 0.0439. The molecule has 0 aromatic carbocycles. The van der Waals surface area contributed by atoms with Crippen LogP contribution in [0.3, 0.4) is 0 Å². The van der Waals surface area contributed by atoms with Crippen LogP contribution in [-0.4, -0.2) is 37.0 Å². The molecule has 0 radical (unpaired) electrons. The Bertz CT molecular complexity index is 593. The second-order valence-electron chi connectivity index (χ2n) is 4.60. The third kappa shape index (κ3) is 3.21. The zero-order chi connectivity index (χ0) is 14.8. The Hall–Kier alpha value is -1.35. The fourth-order valence-corrected chi connectivity index (χ4v) is 4.71. The van der Waals surface area contributed by atoms with Gasteiger partial charge in [0.2, 0.25) is 5.91 Å². The van der Waals surface area contributed by atoms with E-state index in [1.165, 1.54) is 0 Å². The number of nitrogen functional groups attached to an aromatic ring is 1. The van der Waals surface area contributed by atoms with Crippen LogP contribution in [0.25, 0.3) is 0 Å². The number of hydrogen-bond donors (Lipinski definition) is 3. The van der Waals surface area contributed by atoms with E-state index in [1.807, 2.05) is 6.92 Å². The predicted molar refractivity (Wildman–Crippen MR) is 78.5 cm³/mol. The summed E-state index contributed by atoms with van der Waals surface area (Å²) in [7, 11) is -3.38. The summed E-state index contributed by atoms with van der Waals surface area (Å²) in [5.74, 6) is -0.0357. The smallest absolute Gasteiger partial charge is 0.221 e. The van der Waals surface area contributed by atoms with Crippen molar-refractivity contribution >= 4 is 38.1 Å². The molecule has 0 unspecified atom stereocenters. The van der Waals surface area contributed by atoms with Crippen molar-refractivity contribution in [2.75, 3.05) is 24.1 Å². The highest BCUT2D eigenvalue weighted by molar-refractivity contribution is 7.92. The first kappa shape index (κ1) is 15.0. The molecule has 1 saturated carbocycles. The molecule has 2 rings (SSSR count). The first-order chi connectivity index (χ1) is 9.46. The summed E-state index contributed by atoms with van der Waals surface area (Å²) in [5, 5.41) is 5.72. The number of aromatic nitrogens is 1. The molecule has 1 fully saturated rings. The van der Waals surface area contributed by atoms with E-state index in [9.17, 15) is 13.2 Å². The first-order valence-corrected chi connectivity index (χ1v) is 8.78. The van der Waals surface area contributed by atoms with Crippen molar-refractivity contribution in [2.45, 2.75) is 36.3 Å². The summed E-state index contributed by atoms with van der Waals surface area (Å²) in [5.41, 5.74) is 5.67. The van der Waals surface area contributed by atoms with Gasteiger partial charge in [-0.15, -0.1) is 0 Å². The Labute approximate surface area is 122 Å². The van der Waals surface area contributed by atoms with E-state index in [4.69, 9.17) is 5.73 Å². The highest BCUT2D eigenvalue weighted by Crippen LogP contribution is 2.40. The van der Waals surface area contributed by atoms with Gasteiger partial charge in [-0.25, -0.2) is 8.42 Å². The Kier molecular flexibility index (Phi) is 4.48. The summed E-state index contributed by atoms with van der Waals surface area (Å²) >= 11 is 1.02. The third-order valence-corrected chi connectivity index (χ3v) is 6.21. The maximum absolute atomic E-state index is 12.3. The summed E-state index contributed by atoms with van der Waals surface area (Å²) in [6.45, 7) is 2.77. The van der Waals surface area contributed by atoms with E-state index < -0.39 is 9.84 Å². The lowest BCUT2D eigenvalue weighted by molar-refractivity contribution is -0.120. The van der Waals surface area contributed by atoms with Crippen molar-refractivity contribution in [3.05, 3.63) is 0 Å². The topological polar surface area (TPSA) is 114 Å². The zero-order valence-electron chi connectivity index (χ0n) is 11.2. The van der Waals surface area contributed by atoms with Crippen LogP contribution in [0.1, 0.15) is 26.2 Å². The monoisotopic (exact) mass is 318 g/mol. The molecule has 1 amide bonds. The zero-order valence-corrected chi connectivity index (χ0v) is 12.8. The van der Waals surface area contributed by atoms with Gasteiger partial charge in [0.1, 0.15) is 9.90 Å². The Morgan fingerprint density at radius 1 is 1.50 bits per heavy atom. The second-order valence-corrected chi connectivity index (χ2v) is 7.54. The lowest BCUT2D eigenvalue weighted by atomic mass is 10.4. The van der Waals surface area contributed by atoms with E-state index in [2.05, 4.69) is 15.0 Å². The molecule has 0 aliphatic heterocycles. The van der Waals surface area contributed by atoms with E-state index in [0.717, 1.165) is 11.5 Å². The molecule has 0 bridgehead atoms. The molecule has 0 saturated heterocycles. The molecule has 0 atom stereocenters. The Morgan fingerprint density at radius 3 is 2.80 bits per heavy atom. The second kappa shape index (κ2) is 5.96. The number of carbonyl (C=O) groups excluding carboxylic acids is 1. The van der Waals surface area contributed by atoms with Gasteiger partial charge in [-0.2, -0.15) is 4.37 Å². The number of anilines is 2. The summed E-state index contributed by atoms with van der Waals surface area (Å²) in [6.07, 6.45) is 1.63. The molecule has 112 valence electrons. The molecule has 20 heavy (non-hydrogen) atoms. The van der Waals surface area contributed by atoms with Crippen molar-refractivity contribution in [1.82, 2.24) is 9.69 Å². The number of hydrogen-bond acceptors (Lipinski definition) is 7. The van der Waals surface area contributed by atoms with Gasteiger partial charge in [0.15, 0.2) is 15.7 Å². The van der Waals surface area contributed by atoms with Crippen molar-refractivity contribution in [3.8, 4) is 0 Å². The maximum atomic E-state index is 12.3. The quantitative estimate of drug-likeness (QED) is 0.678. The minimum atomic E-state index is -3.38. The predicted octanol–water partition coefficient (Wildman–Crippen LogP) is 0.600. The molecule has 9 heteroatoms. The normalized spacial score (nSPS) is 15.1. The van der Waals surface area contributed by atoms with Crippen molar-refractivity contribution in [2.24, 2.45) is 0 Å². The maximum Gasteiger partial charge on any atom is 0.221 e. The van der Waals surface area contributed by atoms with Crippen LogP contribution in [0.15, 0.2) is 4.90 Å². The molecule has 1 aliphatic carbocycles. The highest BCUT2D eigenvalue weighted by Gasteiger charge is 2.40. The molecule has 7 nitrogen and oxygen atoms in total. The average Bonchev–Trinajstić information content (AvgIpc) is 3.15. The Balaban J connectivity index is 2.04. The lowest BCUT2D eigenvalue weighted by Crippen LogP contribution is -2.24. The average molecular weight is 318 g/mol. The summed E-state index contributed by atoms with van der Waals surface area (Å²) < 4.78 is 28.4. The molecular weight excluding hydrogens is 300 g/mol. The molecule has 0 spiro atoms. The fourth-order valence-electron chi connectivity index (χ4n) is 1.80. The minimum Gasteiger partial charge on any atom is -0.382 e. The molecule has 1 aromatic heterocycles. The molecular formula is C11H18N4O3S2.